The van der Waals surface area contributed by atoms with E-state index in [1.807, 2.05) is 0 Å². The molecule has 0 bridgehead atoms. The van der Waals surface area contributed by atoms with Gasteiger partial charge in [0, 0.05) is 0 Å². The van der Waals surface area contributed by atoms with Gasteiger partial charge in [-0.1, -0.05) is 94.9 Å². The van der Waals surface area contributed by atoms with E-state index in [4.69, 9.17) is 0 Å². The molecule has 0 aliphatic rings. The molecular formula is C34H48Cl4Zr2. The Morgan fingerprint density at radius 1 is 0.500 bits per heavy atom. The maximum absolute atomic E-state index is 2.21. The molecule has 0 amide bonds. The van der Waals surface area contributed by atoms with Crippen LogP contribution in [-0.2, 0) is 78.1 Å². The first-order chi connectivity index (χ1) is 16.2. The van der Waals surface area contributed by atoms with E-state index in [0.717, 1.165) is 0 Å². The Kier molecular flexibility index (Phi) is 38.9. The summed E-state index contributed by atoms with van der Waals surface area (Å²) in [7, 11) is 0. The van der Waals surface area contributed by atoms with Crippen LogP contribution in [0.5, 0.6) is 0 Å². The molecule has 0 aliphatic heterocycles. The van der Waals surface area contributed by atoms with Crippen molar-refractivity contribution in [3.8, 4) is 0 Å². The molecular weight excluding hydrogens is 733 g/mol. The van der Waals surface area contributed by atoms with E-state index in [1.54, 1.807) is 0 Å². The predicted molar refractivity (Wildman–Crippen MR) is 154 cm³/mol. The summed E-state index contributed by atoms with van der Waals surface area (Å²) in [6, 6.07) is 21.7. The van der Waals surface area contributed by atoms with Gasteiger partial charge in [-0.05, 0) is 0 Å². The van der Waals surface area contributed by atoms with Crippen molar-refractivity contribution < 1.29 is 102 Å². The maximum Gasteiger partial charge on any atom is 4.00 e. The zero-order chi connectivity index (χ0) is 25.7. The normalized spacial score (nSPS) is 8.45. The molecule has 6 heteroatoms. The molecule has 0 aliphatic carbocycles. The van der Waals surface area contributed by atoms with Crippen LogP contribution in [0.25, 0.3) is 0 Å². The van der Waals surface area contributed by atoms with Crippen LogP contribution in [0, 0.1) is 41.5 Å². The van der Waals surface area contributed by atoms with Crippen LogP contribution in [0.2, 0.25) is 0 Å². The van der Waals surface area contributed by atoms with E-state index in [0.29, 0.717) is 0 Å². The van der Waals surface area contributed by atoms with E-state index in [9.17, 15) is 0 Å². The van der Waals surface area contributed by atoms with Gasteiger partial charge in [0.1, 0.15) is 0 Å². The number of rotatable bonds is 4. The molecule has 0 saturated carbocycles. The number of hydrogen-bond acceptors (Lipinski definition) is 0. The molecule has 0 atom stereocenters. The van der Waals surface area contributed by atoms with E-state index < -0.39 is 0 Å². The van der Waals surface area contributed by atoms with E-state index in [-0.39, 0.29) is 102 Å². The second-order valence-corrected chi connectivity index (χ2v) is 9.22. The van der Waals surface area contributed by atoms with Gasteiger partial charge >= 0.3 is 52.4 Å². The summed E-state index contributed by atoms with van der Waals surface area (Å²) < 4.78 is 0. The maximum atomic E-state index is 2.21. The van der Waals surface area contributed by atoms with Crippen LogP contribution in [0.3, 0.4) is 0 Å². The van der Waals surface area contributed by atoms with Crippen LogP contribution in [0.1, 0.15) is 83.3 Å². The summed E-state index contributed by atoms with van der Waals surface area (Å²) in [5.74, 6) is 0. The quantitative estimate of drug-likeness (QED) is 0.206. The largest absolute Gasteiger partial charge is 4.00 e. The second-order valence-electron chi connectivity index (χ2n) is 9.22. The van der Waals surface area contributed by atoms with E-state index >= 15 is 0 Å². The smallest absolute Gasteiger partial charge is 1.00 e. The van der Waals surface area contributed by atoms with Crippen LogP contribution in [0.4, 0.5) is 0 Å². The monoisotopic (exact) mass is 776 g/mol. The van der Waals surface area contributed by atoms with Crippen LogP contribution >= 0.6 is 0 Å². The first-order valence-electron chi connectivity index (χ1n) is 13.1. The zero-order valence-corrected chi connectivity index (χ0v) is 34.1. The van der Waals surface area contributed by atoms with E-state index in [2.05, 4.69) is 130 Å². The molecule has 4 rings (SSSR count). The molecule has 0 aromatic heterocycles. The van der Waals surface area contributed by atoms with Crippen LogP contribution in [-0.4, -0.2) is 0 Å². The Balaban J connectivity index is -0.0000000919. The molecule has 0 spiro atoms. The second kappa shape index (κ2) is 29.4. The van der Waals surface area contributed by atoms with Gasteiger partial charge in [-0.15, -0.1) is 0 Å². The van der Waals surface area contributed by atoms with Crippen molar-refractivity contribution in [2.45, 2.75) is 94.9 Å². The number of halogens is 4. The van der Waals surface area contributed by atoms with Gasteiger partial charge in [0.25, 0.3) is 0 Å². The minimum absolute atomic E-state index is 0. The first-order valence-corrected chi connectivity index (χ1v) is 13.1. The van der Waals surface area contributed by atoms with Gasteiger partial charge in [-0.25, -0.2) is 36.4 Å². The summed E-state index contributed by atoms with van der Waals surface area (Å²) in [6.45, 7) is 21.8. The fraction of sp³-hybridized carbons (Fsp3) is 0.412. The van der Waals surface area contributed by atoms with Gasteiger partial charge in [0.05, 0.1) is 0 Å². The summed E-state index contributed by atoms with van der Waals surface area (Å²) in [6.07, 6.45) is 4.66. The third-order valence-electron chi connectivity index (χ3n) is 7.04. The molecule has 0 fully saturated rings. The predicted octanol–water partition coefficient (Wildman–Crippen LogP) is -2.27. The Morgan fingerprint density at radius 2 is 0.800 bits per heavy atom. The summed E-state index contributed by atoms with van der Waals surface area (Å²) in [5.41, 5.74) is 14.6. The summed E-state index contributed by atoms with van der Waals surface area (Å²) in [5, 5.41) is 0. The van der Waals surface area contributed by atoms with Gasteiger partial charge in [-0.2, -0.15) is 79.9 Å². The fourth-order valence-corrected chi connectivity index (χ4v) is 4.11. The molecule has 0 unspecified atom stereocenters. The first kappa shape index (κ1) is 52.9. The molecule has 0 nitrogen and oxygen atoms in total. The standard InChI is InChI=1S/2C9H13.2C8H11.4ClH.2Zr/c2*1-4-9-6-5-7(2)8(9)3;2*1-3-8-6-4-5-7(8)2;;;;;;/h2*5-6H,4H2,1-3H3;2*4-6H,3H2,1-2H3;4*1H;;/q4*-1;;;;;2*+4/p-4. The Bertz CT molecular complexity index is 997. The Labute approximate surface area is 310 Å². The van der Waals surface area contributed by atoms with Gasteiger partial charge in [-0.3, -0.25) is 0 Å². The Morgan fingerprint density at radius 3 is 0.900 bits per heavy atom. The minimum Gasteiger partial charge on any atom is -1.00 e. The summed E-state index contributed by atoms with van der Waals surface area (Å²) >= 11 is 0. The van der Waals surface area contributed by atoms with Crippen LogP contribution < -0.4 is 49.6 Å². The molecule has 0 saturated heterocycles. The van der Waals surface area contributed by atoms with Crippen molar-refractivity contribution in [3.63, 3.8) is 0 Å². The van der Waals surface area contributed by atoms with E-state index in [1.165, 1.54) is 81.3 Å². The van der Waals surface area contributed by atoms with Crippen molar-refractivity contribution in [2.24, 2.45) is 0 Å². The number of hydrogen-bond donors (Lipinski definition) is 0. The summed E-state index contributed by atoms with van der Waals surface area (Å²) in [4.78, 5) is 0. The molecule has 0 heterocycles. The molecule has 4 aromatic rings. The van der Waals surface area contributed by atoms with Gasteiger partial charge < -0.3 is 49.6 Å². The van der Waals surface area contributed by atoms with Crippen molar-refractivity contribution in [2.75, 3.05) is 0 Å². The third kappa shape index (κ3) is 18.1. The third-order valence-corrected chi connectivity index (χ3v) is 7.04. The van der Waals surface area contributed by atoms with Crippen molar-refractivity contribution in [3.05, 3.63) is 116 Å². The molecule has 40 heavy (non-hydrogen) atoms. The Hall–Kier alpha value is 0.326. The molecule has 0 radical (unpaired) electrons. The van der Waals surface area contributed by atoms with Crippen molar-refractivity contribution >= 4 is 0 Å². The van der Waals surface area contributed by atoms with Crippen LogP contribution in [0.15, 0.2) is 60.7 Å². The van der Waals surface area contributed by atoms with Gasteiger partial charge in [0.2, 0.25) is 0 Å². The van der Waals surface area contributed by atoms with Crippen molar-refractivity contribution in [1.82, 2.24) is 0 Å². The molecule has 4 aromatic carbocycles. The van der Waals surface area contributed by atoms with Gasteiger partial charge in [0.15, 0.2) is 0 Å². The SMILES string of the molecule is CC[c-]1ccc(C)c1C.CC[c-]1ccc(C)c1C.CCc1ccc[c-]1C.CCc1ccc[c-]1C.[Cl-].[Cl-].[Cl-].[Cl-].[Zr+4].[Zr+4]. The van der Waals surface area contributed by atoms with Crippen molar-refractivity contribution in [1.29, 1.82) is 0 Å². The number of aryl methyl sites for hydroxylation is 8. The minimum atomic E-state index is 0. The average molecular weight is 781 g/mol. The fourth-order valence-electron chi connectivity index (χ4n) is 4.11. The molecule has 0 N–H and O–H groups in total. The zero-order valence-electron chi connectivity index (χ0n) is 26.1. The average Bonchev–Trinajstić information content (AvgIpc) is 3.60. The topological polar surface area (TPSA) is 0 Å². The molecule has 220 valence electrons.